The Kier molecular flexibility index (Phi) is 5.88. The van der Waals surface area contributed by atoms with Crippen LogP contribution in [0.2, 0.25) is 0 Å². The maximum Gasteiger partial charge on any atom is 0.231 e. The van der Waals surface area contributed by atoms with Crippen molar-refractivity contribution in [3.63, 3.8) is 0 Å². The molecule has 0 bridgehead atoms. The Morgan fingerprint density at radius 1 is 1.11 bits per heavy atom. The first-order valence-corrected chi connectivity index (χ1v) is 12.7. The number of aromatic nitrogens is 3. The number of rotatable bonds is 5. The minimum atomic E-state index is 0.122. The van der Waals surface area contributed by atoms with Gasteiger partial charge >= 0.3 is 0 Å². The number of hydrogen-bond acceptors (Lipinski definition) is 7. The number of amides is 1. The summed E-state index contributed by atoms with van der Waals surface area (Å²) in [6.07, 6.45) is 3.76. The lowest BCUT2D eigenvalue weighted by Crippen LogP contribution is -2.43. The first-order valence-electron chi connectivity index (χ1n) is 11.9. The number of piperidine rings is 1. The molecule has 1 fully saturated rings. The molecular formula is C26H25BrN6O3. The third-order valence-electron chi connectivity index (χ3n) is 6.66. The highest BCUT2D eigenvalue weighted by atomic mass is 79.9. The van der Waals surface area contributed by atoms with Crippen molar-refractivity contribution in [3.05, 3.63) is 64.8 Å². The fraction of sp³-hybridized carbons (Fsp3) is 0.269. The van der Waals surface area contributed by atoms with Crippen LogP contribution in [0, 0.1) is 0 Å². The maximum absolute atomic E-state index is 12.9. The van der Waals surface area contributed by atoms with Crippen molar-refractivity contribution in [2.75, 3.05) is 30.9 Å². The smallest absolute Gasteiger partial charge is 0.231 e. The van der Waals surface area contributed by atoms with Gasteiger partial charge in [-0.15, -0.1) is 0 Å². The maximum atomic E-state index is 12.9. The second-order valence-corrected chi connectivity index (χ2v) is 9.86. The standard InChI is InChI=1S/C26H25BrN6O3/c27-19-14-29-33-24(13-21(31-26(19)33)18-3-1-2-4-20(18)28)30-17-7-9-32(10-8-17)25(34)12-16-5-6-22-23(11-16)36-15-35-22/h1-6,11,13-14,17,30H,7-10,12,15,28H2. The number of carbonyl (C=O) groups excluding carboxylic acids is 1. The van der Waals surface area contributed by atoms with Crippen LogP contribution in [-0.4, -0.2) is 51.3 Å². The lowest BCUT2D eigenvalue weighted by atomic mass is 10.0. The largest absolute Gasteiger partial charge is 0.454 e. The zero-order valence-electron chi connectivity index (χ0n) is 19.5. The third kappa shape index (κ3) is 4.32. The van der Waals surface area contributed by atoms with Crippen molar-refractivity contribution in [1.82, 2.24) is 19.5 Å². The van der Waals surface area contributed by atoms with Gasteiger partial charge in [-0.2, -0.15) is 9.61 Å². The molecule has 2 aromatic heterocycles. The topological polar surface area (TPSA) is 107 Å². The molecule has 0 aliphatic carbocycles. The molecule has 1 saturated heterocycles. The van der Waals surface area contributed by atoms with E-state index in [0.29, 0.717) is 30.9 Å². The molecule has 1 amide bonds. The predicted molar refractivity (Wildman–Crippen MR) is 140 cm³/mol. The Labute approximate surface area is 216 Å². The average molecular weight is 549 g/mol. The molecule has 2 aliphatic heterocycles. The molecule has 36 heavy (non-hydrogen) atoms. The van der Waals surface area contributed by atoms with Crippen molar-refractivity contribution in [2.45, 2.75) is 25.3 Å². The molecule has 0 spiro atoms. The van der Waals surface area contributed by atoms with Gasteiger partial charge in [0.25, 0.3) is 0 Å². The number of hydrogen-bond donors (Lipinski definition) is 2. The van der Waals surface area contributed by atoms with Crippen LogP contribution in [0.25, 0.3) is 16.9 Å². The Morgan fingerprint density at radius 2 is 1.92 bits per heavy atom. The van der Waals surface area contributed by atoms with Gasteiger partial charge in [0, 0.05) is 36.4 Å². The number of fused-ring (bicyclic) bond motifs is 2. The van der Waals surface area contributed by atoms with Crippen LogP contribution in [-0.2, 0) is 11.2 Å². The third-order valence-corrected chi connectivity index (χ3v) is 7.22. The summed E-state index contributed by atoms with van der Waals surface area (Å²) in [6, 6.07) is 15.6. The van der Waals surface area contributed by atoms with Gasteiger partial charge in [0.1, 0.15) is 5.82 Å². The van der Waals surface area contributed by atoms with Gasteiger partial charge in [0.2, 0.25) is 12.7 Å². The number of anilines is 2. The molecule has 184 valence electrons. The minimum absolute atomic E-state index is 0.122. The summed E-state index contributed by atoms with van der Waals surface area (Å²) in [5.74, 6) is 2.39. The number of benzene rings is 2. The van der Waals surface area contributed by atoms with Gasteiger partial charge in [0.05, 0.1) is 22.8 Å². The van der Waals surface area contributed by atoms with Crippen LogP contribution in [0.15, 0.2) is 59.2 Å². The molecule has 0 radical (unpaired) electrons. The predicted octanol–water partition coefficient (Wildman–Crippen LogP) is 4.12. The van der Waals surface area contributed by atoms with Crippen LogP contribution in [0.1, 0.15) is 18.4 Å². The monoisotopic (exact) mass is 548 g/mol. The summed E-state index contributed by atoms with van der Waals surface area (Å²) in [4.78, 5) is 19.7. The molecule has 9 nitrogen and oxygen atoms in total. The lowest BCUT2D eigenvalue weighted by Gasteiger charge is -2.33. The van der Waals surface area contributed by atoms with Crippen LogP contribution in [0.3, 0.4) is 0 Å². The molecule has 6 rings (SSSR count). The van der Waals surface area contributed by atoms with Crippen molar-refractivity contribution in [3.8, 4) is 22.8 Å². The molecular weight excluding hydrogens is 524 g/mol. The van der Waals surface area contributed by atoms with E-state index in [1.807, 2.05) is 53.4 Å². The number of carbonyl (C=O) groups is 1. The summed E-state index contributed by atoms with van der Waals surface area (Å²) < 4.78 is 13.4. The number of likely N-dealkylation sites (tertiary alicyclic amines) is 1. The molecule has 2 aromatic carbocycles. The Bertz CT molecular complexity index is 1450. The van der Waals surface area contributed by atoms with Crippen LogP contribution >= 0.6 is 15.9 Å². The van der Waals surface area contributed by atoms with Crippen molar-refractivity contribution < 1.29 is 14.3 Å². The average Bonchev–Trinajstić information content (AvgIpc) is 3.51. The fourth-order valence-electron chi connectivity index (χ4n) is 4.73. The molecule has 4 heterocycles. The van der Waals surface area contributed by atoms with Gasteiger partial charge in [-0.25, -0.2) is 4.98 Å². The van der Waals surface area contributed by atoms with E-state index in [1.165, 1.54) is 0 Å². The van der Waals surface area contributed by atoms with E-state index in [-0.39, 0.29) is 18.7 Å². The normalized spacial score (nSPS) is 15.4. The SMILES string of the molecule is Nc1ccccc1-c1cc(NC2CCN(C(=O)Cc3ccc4c(c3)OCO4)CC2)n2ncc(Br)c2n1. The summed E-state index contributed by atoms with van der Waals surface area (Å²) in [7, 11) is 0. The van der Waals surface area contributed by atoms with Gasteiger partial charge < -0.3 is 25.4 Å². The highest BCUT2D eigenvalue weighted by Crippen LogP contribution is 2.33. The number of para-hydroxylation sites is 1. The quantitative estimate of drug-likeness (QED) is 0.361. The summed E-state index contributed by atoms with van der Waals surface area (Å²) in [6.45, 7) is 1.61. The Morgan fingerprint density at radius 3 is 2.75 bits per heavy atom. The number of halogens is 1. The van der Waals surface area contributed by atoms with E-state index in [9.17, 15) is 4.79 Å². The van der Waals surface area contributed by atoms with Crippen LogP contribution in [0.5, 0.6) is 11.5 Å². The molecule has 10 heteroatoms. The van der Waals surface area contributed by atoms with E-state index in [1.54, 1.807) is 10.7 Å². The second kappa shape index (κ2) is 9.34. The summed E-state index contributed by atoms with van der Waals surface area (Å²) >= 11 is 3.55. The molecule has 2 aliphatic rings. The fourth-order valence-corrected chi connectivity index (χ4v) is 5.08. The summed E-state index contributed by atoms with van der Waals surface area (Å²) in [5, 5.41) is 8.12. The number of nitrogens with two attached hydrogens (primary N) is 1. The zero-order chi connectivity index (χ0) is 24.6. The van der Waals surface area contributed by atoms with E-state index in [2.05, 4.69) is 26.3 Å². The second-order valence-electron chi connectivity index (χ2n) is 9.01. The van der Waals surface area contributed by atoms with Crippen LogP contribution in [0.4, 0.5) is 11.5 Å². The molecule has 3 N–H and O–H groups in total. The van der Waals surface area contributed by atoms with E-state index >= 15 is 0 Å². The molecule has 4 aromatic rings. The highest BCUT2D eigenvalue weighted by Gasteiger charge is 2.25. The number of nitrogens with zero attached hydrogens (tertiary/aromatic N) is 4. The first kappa shape index (κ1) is 22.7. The highest BCUT2D eigenvalue weighted by molar-refractivity contribution is 9.10. The van der Waals surface area contributed by atoms with Gasteiger partial charge in [-0.05, 0) is 52.5 Å². The van der Waals surface area contributed by atoms with Crippen molar-refractivity contribution >= 4 is 39.0 Å². The van der Waals surface area contributed by atoms with Crippen LogP contribution < -0.4 is 20.5 Å². The van der Waals surface area contributed by atoms with Gasteiger partial charge in [0.15, 0.2) is 17.1 Å². The first-order chi connectivity index (χ1) is 17.5. The van der Waals surface area contributed by atoms with E-state index < -0.39 is 0 Å². The van der Waals surface area contributed by atoms with E-state index in [0.717, 1.165) is 51.3 Å². The Balaban J connectivity index is 1.15. The number of nitrogen functional groups attached to an aromatic ring is 1. The lowest BCUT2D eigenvalue weighted by molar-refractivity contribution is -0.131. The molecule has 0 saturated carbocycles. The summed E-state index contributed by atoms with van der Waals surface area (Å²) in [5.41, 5.74) is 10.2. The van der Waals surface area contributed by atoms with Gasteiger partial charge in [-0.1, -0.05) is 24.3 Å². The number of ether oxygens (including phenoxy) is 2. The van der Waals surface area contributed by atoms with E-state index in [4.69, 9.17) is 20.2 Å². The number of nitrogens with one attached hydrogen (secondary N) is 1. The minimum Gasteiger partial charge on any atom is -0.454 e. The molecule has 0 atom stereocenters. The molecule has 0 unspecified atom stereocenters. The Hall–Kier alpha value is -3.79. The van der Waals surface area contributed by atoms with Gasteiger partial charge in [-0.3, -0.25) is 4.79 Å². The van der Waals surface area contributed by atoms with Crippen molar-refractivity contribution in [1.29, 1.82) is 0 Å². The van der Waals surface area contributed by atoms with Crippen molar-refractivity contribution in [2.24, 2.45) is 0 Å². The zero-order valence-corrected chi connectivity index (χ0v) is 21.1.